The number of halogens is 3. The third-order valence-corrected chi connectivity index (χ3v) is 5.96. The van der Waals surface area contributed by atoms with Gasteiger partial charge in [-0.25, -0.2) is 8.42 Å². The van der Waals surface area contributed by atoms with Crippen molar-refractivity contribution in [3.8, 4) is 0 Å². The number of benzene rings is 2. The summed E-state index contributed by atoms with van der Waals surface area (Å²) in [5.41, 5.74) is -1.26. The zero-order chi connectivity index (χ0) is 23.1. The van der Waals surface area contributed by atoms with E-state index in [0.29, 0.717) is 23.4 Å². The van der Waals surface area contributed by atoms with Gasteiger partial charge in [-0.05, 0) is 50.6 Å². The van der Waals surface area contributed by atoms with Gasteiger partial charge in [-0.2, -0.15) is 13.2 Å². The molecule has 170 valence electrons. The fraction of sp³-hybridized carbons (Fsp3) is 0.381. The number of nitrogens with one attached hydrogen (secondary N) is 1. The van der Waals surface area contributed by atoms with Crippen molar-refractivity contribution in [3.05, 3.63) is 60.2 Å². The molecule has 0 radical (unpaired) electrons. The van der Waals surface area contributed by atoms with Gasteiger partial charge in [-0.1, -0.05) is 24.3 Å². The first-order valence-electron chi connectivity index (χ1n) is 9.65. The smallest absolute Gasteiger partial charge is 0.379 e. The number of hydrogen-bond donors (Lipinski definition) is 1. The average molecular weight is 459 g/mol. The maximum Gasteiger partial charge on any atom is 0.416 e. The number of anilines is 1. The van der Waals surface area contributed by atoms with Crippen LogP contribution in [-0.2, 0) is 25.7 Å². The number of rotatable bonds is 10. The molecule has 6 nitrogen and oxygen atoms in total. The molecule has 0 spiro atoms. The summed E-state index contributed by atoms with van der Waals surface area (Å²) in [5, 5.41) is 2.58. The number of nitrogens with zero attached hydrogens (tertiary/aromatic N) is 1. The summed E-state index contributed by atoms with van der Waals surface area (Å²) in [6, 6.07) is 11.1. The predicted octanol–water partition coefficient (Wildman–Crippen LogP) is 3.83. The van der Waals surface area contributed by atoms with Crippen LogP contribution in [0.5, 0.6) is 0 Å². The summed E-state index contributed by atoms with van der Waals surface area (Å²) >= 11 is 0. The van der Waals surface area contributed by atoms with Crippen LogP contribution in [0.2, 0.25) is 0 Å². The number of alkyl halides is 3. The van der Waals surface area contributed by atoms with Crippen molar-refractivity contribution in [1.82, 2.24) is 5.32 Å². The molecule has 0 aliphatic carbocycles. The van der Waals surface area contributed by atoms with E-state index in [1.165, 1.54) is 30.3 Å². The molecule has 0 aliphatic rings. The van der Waals surface area contributed by atoms with Crippen LogP contribution in [0.1, 0.15) is 25.8 Å². The number of carbonyl (C=O) groups excluding carboxylic acids is 1. The molecule has 0 aromatic heterocycles. The molecule has 2 aromatic carbocycles. The summed E-state index contributed by atoms with van der Waals surface area (Å²) in [6.45, 7) is 3.74. The van der Waals surface area contributed by atoms with Crippen LogP contribution in [0.25, 0.3) is 0 Å². The van der Waals surface area contributed by atoms with Gasteiger partial charge in [-0.15, -0.1) is 0 Å². The van der Waals surface area contributed by atoms with Crippen molar-refractivity contribution in [2.75, 3.05) is 24.0 Å². The highest BCUT2D eigenvalue weighted by molar-refractivity contribution is 7.92. The maximum absolute atomic E-state index is 13.2. The second-order valence-electron chi connectivity index (χ2n) is 7.00. The SMILES string of the molecule is CC(C)OCCCNC(=O)CN(c1cccc(C(F)(F)F)c1)S(=O)(=O)c1ccccc1. The van der Waals surface area contributed by atoms with Crippen molar-refractivity contribution in [2.24, 2.45) is 0 Å². The Bertz CT molecular complexity index is 964. The van der Waals surface area contributed by atoms with Crippen LogP contribution < -0.4 is 9.62 Å². The second-order valence-corrected chi connectivity index (χ2v) is 8.86. The molecule has 2 aromatic rings. The highest BCUT2D eigenvalue weighted by Crippen LogP contribution is 2.33. The molecule has 0 unspecified atom stereocenters. The van der Waals surface area contributed by atoms with Crippen LogP contribution in [0, 0.1) is 0 Å². The summed E-state index contributed by atoms with van der Waals surface area (Å²) in [7, 11) is -4.28. The molecule has 1 N–H and O–H groups in total. The van der Waals surface area contributed by atoms with E-state index in [1.54, 1.807) is 6.07 Å². The molecule has 0 saturated carbocycles. The summed E-state index contributed by atoms with van der Waals surface area (Å²) in [6.07, 6.45) is -4.10. The summed E-state index contributed by atoms with van der Waals surface area (Å²) in [4.78, 5) is 12.3. The fourth-order valence-corrected chi connectivity index (χ4v) is 4.11. The first kappa shape index (κ1) is 24.7. The Morgan fingerprint density at radius 1 is 1.10 bits per heavy atom. The van der Waals surface area contributed by atoms with Gasteiger partial charge < -0.3 is 10.1 Å². The molecule has 0 atom stereocenters. The zero-order valence-electron chi connectivity index (χ0n) is 17.2. The first-order valence-corrected chi connectivity index (χ1v) is 11.1. The van der Waals surface area contributed by atoms with Crippen molar-refractivity contribution in [3.63, 3.8) is 0 Å². The van der Waals surface area contributed by atoms with E-state index in [-0.39, 0.29) is 23.2 Å². The van der Waals surface area contributed by atoms with E-state index in [2.05, 4.69) is 5.32 Å². The normalized spacial score (nSPS) is 12.1. The minimum atomic E-state index is -4.66. The van der Waals surface area contributed by atoms with Gasteiger partial charge in [0.05, 0.1) is 22.3 Å². The number of ether oxygens (including phenoxy) is 1. The van der Waals surface area contributed by atoms with Gasteiger partial charge in [0.1, 0.15) is 6.54 Å². The Hall–Kier alpha value is -2.59. The molecular formula is C21H25F3N2O4S. The molecule has 0 heterocycles. The van der Waals surface area contributed by atoms with Crippen molar-refractivity contribution in [1.29, 1.82) is 0 Å². The largest absolute Gasteiger partial charge is 0.416 e. The lowest BCUT2D eigenvalue weighted by Gasteiger charge is -2.25. The number of sulfonamides is 1. The summed E-state index contributed by atoms with van der Waals surface area (Å²) in [5.74, 6) is -0.638. The van der Waals surface area contributed by atoms with Crippen molar-refractivity contribution >= 4 is 21.6 Å². The number of amides is 1. The van der Waals surface area contributed by atoms with Gasteiger partial charge in [0.15, 0.2) is 0 Å². The quantitative estimate of drug-likeness (QED) is 0.549. The second kappa shape index (κ2) is 10.6. The molecule has 31 heavy (non-hydrogen) atoms. The Labute approximate surface area is 180 Å². The predicted molar refractivity (Wildman–Crippen MR) is 111 cm³/mol. The standard InChI is InChI=1S/C21H25F3N2O4S/c1-16(2)30-13-7-12-25-20(27)15-26(31(28,29)19-10-4-3-5-11-19)18-9-6-8-17(14-18)21(22,23)24/h3-6,8-11,14,16H,7,12-13,15H2,1-2H3,(H,25,27). The molecular weight excluding hydrogens is 433 g/mol. The lowest BCUT2D eigenvalue weighted by atomic mass is 10.2. The molecule has 1 amide bonds. The number of carbonyl (C=O) groups is 1. The fourth-order valence-electron chi connectivity index (χ4n) is 2.68. The lowest BCUT2D eigenvalue weighted by molar-refractivity contribution is -0.137. The van der Waals surface area contributed by atoms with Crippen molar-refractivity contribution in [2.45, 2.75) is 37.4 Å². The Morgan fingerprint density at radius 2 is 1.77 bits per heavy atom. The Balaban J connectivity index is 2.27. The lowest BCUT2D eigenvalue weighted by Crippen LogP contribution is -2.41. The minimum Gasteiger partial charge on any atom is -0.379 e. The molecule has 2 rings (SSSR count). The van der Waals surface area contributed by atoms with Crippen LogP contribution in [0.3, 0.4) is 0 Å². The van der Waals surface area contributed by atoms with Crippen LogP contribution in [0.15, 0.2) is 59.5 Å². The van der Waals surface area contributed by atoms with Crippen LogP contribution >= 0.6 is 0 Å². The zero-order valence-corrected chi connectivity index (χ0v) is 18.0. The van der Waals surface area contributed by atoms with Gasteiger partial charge in [0.2, 0.25) is 5.91 Å². The molecule has 0 aliphatic heterocycles. The first-order chi connectivity index (χ1) is 14.5. The molecule has 0 bridgehead atoms. The van der Waals surface area contributed by atoms with Gasteiger partial charge >= 0.3 is 6.18 Å². The third-order valence-electron chi connectivity index (χ3n) is 4.17. The highest BCUT2D eigenvalue weighted by Gasteiger charge is 2.33. The average Bonchev–Trinajstić information content (AvgIpc) is 2.71. The van der Waals surface area contributed by atoms with E-state index in [9.17, 15) is 26.4 Å². The molecule has 0 saturated heterocycles. The van der Waals surface area contributed by atoms with Gasteiger partial charge in [0.25, 0.3) is 10.0 Å². The van der Waals surface area contributed by atoms with E-state index < -0.39 is 34.2 Å². The topological polar surface area (TPSA) is 75.7 Å². The van der Waals surface area contributed by atoms with Crippen LogP contribution in [0.4, 0.5) is 18.9 Å². The third kappa shape index (κ3) is 7.25. The van der Waals surface area contributed by atoms with E-state index in [4.69, 9.17) is 4.74 Å². The van der Waals surface area contributed by atoms with Crippen LogP contribution in [-0.4, -0.2) is 40.1 Å². The Kier molecular flexibility index (Phi) is 8.46. The van der Waals surface area contributed by atoms with E-state index in [0.717, 1.165) is 12.1 Å². The van der Waals surface area contributed by atoms with Gasteiger partial charge in [0, 0.05) is 13.2 Å². The van der Waals surface area contributed by atoms with E-state index >= 15 is 0 Å². The van der Waals surface area contributed by atoms with E-state index in [1.807, 2.05) is 13.8 Å². The maximum atomic E-state index is 13.2. The highest BCUT2D eigenvalue weighted by atomic mass is 32.2. The monoisotopic (exact) mass is 458 g/mol. The summed E-state index contributed by atoms with van der Waals surface area (Å²) < 4.78 is 71.7. The minimum absolute atomic E-state index is 0.0446. The van der Waals surface area contributed by atoms with Crippen molar-refractivity contribution < 1.29 is 31.1 Å². The van der Waals surface area contributed by atoms with Gasteiger partial charge in [-0.3, -0.25) is 9.10 Å². The number of hydrogen-bond acceptors (Lipinski definition) is 4. The molecule has 10 heteroatoms. The Morgan fingerprint density at radius 3 is 2.39 bits per heavy atom. The molecule has 0 fully saturated rings.